The average Bonchev–Trinajstić information content (AvgIpc) is 3.09. The van der Waals surface area contributed by atoms with Gasteiger partial charge in [0.1, 0.15) is 0 Å². The monoisotopic (exact) mass is 326 g/mol. The Labute approximate surface area is 133 Å². The van der Waals surface area contributed by atoms with Crippen LogP contribution in [0, 0.1) is 0 Å². The van der Waals surface area contributed by atoms with Crippen LogP contribution < -0.4 is 5.32 Å². The molecule has 1 aliphatic rings. The van der Waals surface area contributed by atoms with Crippen molar-refractivity contribution in [1.82, 2.24) is 10.2 Å². The maximum absolute atomic E-state index is 6.12. The van der Waals surface area contributed by atoms with Gasteiger partial charge < -0.3 is 10.2 Å². The molecule has 1 N–H and O–H groups in total. The van der Waals surface area contributed by atoms with Crippen LogP contribution in [0.5, 0.6) is 0 Å². The molecule has 1 fully saturated rings. The lowest BCUT2D eigenvalue weighted by molar-refractivity contribution is 0.229. The van der Waals surface area contributed by atoms with Gasteiger partial charge >= 0.3 is 0 Å². The average molecular weight is 327 g/mol. The molecule has 0 spiro atoms. The lowest BCUT2D eigenvalue weighted by atomic mass is 10.0. The van der Waals surface area contributed by atoms with E-state index < -0.39 is 0 Å². The number of nitrogens with zero attached hydrogens (tertiary/aromatic N) is 1. The smallest absolute Gasteiger partial charge is 0.0931 e. The van der Waals surface area contributed by atoms with Crippen molar-refractivity contribution in [2.24, 2.45) is 0 Å². The second-order valence-electron chi connectivity index (χ2n) is 5.33. The third-order valence-electron chi connectivity index (χ3n) is 3.83. The minimum atomic E-state index is 0.293. The Morgan fingerprint density at radius 1 is 1.25 bits per heavy atom. The highest BCUT2D eigenvalue weighted by Gasteiger charge is 2.23. The molecule has 0 aliphatic carbocycles. The first-order chi connectivity index (χ1) is 9.72. The van der Waals surface area contributed by atoms with Gasteiger partial charge in [-0.1, -0.05) is 17.7 Å². The van der Waals surface area contributed by atoms with Crippen LogP contribution in [0.4, 0.5) is 0 Å². The SMILES string of the molecule is CN1CCC(NC(c2cccs2)c2ccc(Cl)s2)CC1. The summed E-state index contributed by atoms with van der Waals surface area (Å²) in [5.41, 5.74) is 0. The Bertz CT molecular complexity index is 530. The number of hydrogen-bond acceptors (Lipinski definition) is 4. The van der Waals surface area contributed by atoms with Crippen molar-refractivity contribution in [2.75, 3.05) is 20.1 Å². The molecular weight excluding hydrogens is 308 g/mol. The highest BCUT2D eigenvalue weighted by molar-refractivity contribution is 7.16. The van der Waals surface area contributed by atoms with Crippen molar-refractivity contribution in [3.05, 3.63) is 43.7 Å². The minimum absolute atomic E-state index is 0.293. The summed E-state index contributed by atoms with van der Waals surface area (Å²) in [7, 11) is 2.20. The van der Waals surface area contributed by atoms with Gasteiger partial charge in [0.15, 0.2) is 0 Å². The molecule has 2 aromatic heterocycles. The number of hydrogen-bond donors (Lipinski definition) is 1. The zero-order chi connectivity index (χ0) is 13.9. The summed E-state index contributed by atoms with van der Waals surface area (Å²) >= 11 is 9.61. The van der Waals surface area contributed by atoms with E-state index in [0.29, 0.717) is 12.1 Å². The fourth-order valence-corrected chi connectivity index (χ4v) is 4.67. The summed E-state index contributed by atoms with van der Waals surface area (Å²) in [5, 5.41) is 5.99. The van der Waals surface area contributed by atoms with E-state index in [4.69, 9.17) is 11.6 Å². The molecule has 0 amide bonds. The first-order valence-electron chi connectivity index (χ1n) is 6.95. The molecular formula is C15H19ClN2S2. The van der Waals surface area contributed by atoms with E-state index in [2.05, 4.69) is 40.8 Å². The number of likely N-dealkylation sites (tertiary alicyclic amines) is 1. The van der Waals surface area contributed by atoms with E-state index in [1.165, 1.54) is 35.7 Å². The van der Waals surface area contributed by atoms with E-state index in [1.54, 1.807) is 11.3 Å². The van der Waals surface area contributed by atoms with E-state index >= 15 is 0 Å². The number of rotatable bonds is 4. The molecule has 108 valence electrons. The zero-order valence-electron chi connectivity index (χ0n) is 11.5. The van der Waals surface area contributed by atoms with Crippen LogP contribution in [0.15, 0.2) is 29.6 Å². The van der Waals surface area contributed by atoms with Crippen LogP contribution in [0.25, 0.3) is 0 Å². The Morgan fingerprint density at radius 3 is 2.65 bits per heavy atom. The number of piperidine rings is 1. The summed E-state index contributed by atoms with van der Waals surface area (Å²) in [6, 6.07) is 9.38. The zero-order valence-corrected chi connectivity index (χ0v) is 13.9. The molecule has 1 unspecified atom stereocenters. The van der Waals surface area contributed by atoms with Gasteiger partial charge in [-0.2, -0.15) is 0 Å². The third-order valence-corrected chi connectivity index (χ3v) is 6.06. The molecule has 0 saturated carbocycles. The summed E-state index contributed by atoms with van der Waals surface area (Å²) in [4.78, 5) is 5.10. The summed E-state index contributed by atoms with van der Waals surface area (Å²) in [6.45, 7) is 2.36. The van der Waals surface area contributed by atoms with Gasteiger partial charge in [-0.05, 0) is 56.6 Å². The van der Waals surface area contributed by atoms with Crippen molar-refractivity contribution >= 4 is 34.3 Å². The molecule has 0 bridgehead atoms. The first kappa shape index (κ1) is 14.5. The second kappa shape index (κ2) is 6.58. The lowest BCUT2D eigenvalue weighted by Gasteiger charge is -2.32. The van der Waals surface area contributed by atoms with Crippen LogP contribution >= 0.6 is 34.3 Å². The van der Waals surface area contributed by atoms with Gasteiger partial charge in [-0.3, -0.25) is 0 Å². The molecule has 2 aromatic rings. The summed E-state index contributed by atoms with van der Waals surface area (Å²) < 4.78 is 0.867. The second-order valence-corrected chi connectivity index (χ2v) is 8.06. The minimum Gasteiger partial charge on any atom is -0.306 e. The molecule has 1 aliphatic heterocycles. The van der Waals surface area contributed by atoms with Crippen LogP contribution in [0.1, 0.15) is 28.6 Å². The van der Waals surface area contributed by atoms with Crippen molar-refractivity contribution < 1.29 is 0 Å². The van der Waals surface area contributed by atoms with Crippen LogP contribution in [-0.4, -0.2) is 31.1 Å². The normalized spacial score (nSPS) is 19.3. The largest absolute Gasteiger partial charge is 0.306 e. The summed E-state index contributed by atoms with van der Waals surface area (Å²) in [6.07, 6.45) is 2.44. The standard InChI is InChI=1S/C15H19ClN2S2/c1-18-8-6-11(7-9-18)17-15(12-3-2-10-19-12)13-4-5-14(16)20-13/h2-5,10-11,15,17H,6-9H2,1H3. The predicted octanol–water partition coefficient (Wildman–Crippen LogP) is 4.24. The van der Waals surface area contributed by atoms with E-state index in [1.807, 2.05) is 17.4 Å². The maximum atomic E-state index is 6.12. The van der Waals surface area contributed by atoms with E-state index in [0.717, 1.165) is 4.34 Å². The van der Waals surface area contributed by atoms with Crippen molar-refractivity contribution in [1.29, 1.82) is 0 Å². The number of halogens is 1. The Balaban J connectivity index is 1.76. The maximum Gasteiger partial charge on any atom is 0.0931 e. The van der Waals surface area contributed by atoms with Crippen LogP contribution in [0.2, 0.25) is 4.34 Å². The Kier molecular flexibility index (Phi) is 4.79. The molecule has 5 heteroatoms. The predicted molar refractivity (Wildman–Crippen MR) is 89.1 cm³/mol. The van der Waals surface area contributed by atoms with E-state index in [-0.39, 0.29) is 0 Å². The van der Waals surface area contributed by atoms with Gasteiger partial charge in [-0.15, -0.1) is 22.7 Å². The molecule has 2 nitrogen and oxygen atoms in total. The third kappa shape index (κ3) is 3.43. The summed E-state index contributed by atoms with van der Waals surface area (Å²) in [5.74, 6) is 0. The van der Waals surface area contributed by atoms with Gasteiger partial charge in [0.2, 0.25) is 0 Å². The molecule has 0 radical (unpaired) electrons. The highest BCUT2D eigenvalue weighted by atomic mass is 35.5. The van der Waals surface area contributed by atoms with Crippen molar-refractivity contribution in [2.45, 2.75) is 24.9 Å². The fraction of sp³-hybridized carbons (Fsp3) is 0.467. The Morgan fingerprint density at radius 2 is 2.05 bits per heavy atom. The topological polar surface area (TPSA) is 15.3 Å². The molecule has 1 atom stereocenters. The fourth-order valence-electron chi connectivity index (χ4n) is 2.65. The Hall–Kier alpha value is -0.390. The van der Waals surface area contributed by atoms with Gasteiger partial charge in [0, 0.05) is 15.8 Å². The van der Waals surface area contributed by atoms with Gasteiger partial charge in [-0.25, -0.2) is 0 Å². The molecule has 3 rings (SSSR count). The molecule has 1 saturated heterocycles. The number of nitrogens with one attached hydrogen (secondary N) is 1. The van der Waals surface area contributed by atoms with E-state index in [9.17, 15) is 0 Å². The first-order valence-corrected chi connectivity index (χ1v) is 9.03. The lowest BCUT2D eigenvalue weighted by Crippen LogP contribution is -2.42. The van der Waals surface area contributed by atoms with Crippen LogP contribution in [-0.2, 0) is 0 Å². The van der Waals surface area contributed by atoms with Crippen molar-refractivity contribution in [3.8, 4) is 0 Å². The molecule has 0 aromatic carbocycles. The van der Waals surface area contributed by atoms with Gasteiger partial charge in [0.25, 0.3) is 0 Å². The van der Waals surface area contributed by atoms with Crippen molar-refractivity contribution in [3.63, 3.8) is 0 Å². The molecule has 20 heavy (non-hydrogen) atoms. The highest BCUT2D eigenvalue weighted by Crippen LogP contribution is 2.34. The molecule has 3 heterocycles. The quantitative estimate of drug-likeness (QED) is 0.904. The van der Waals surface area contributed by atoms with Gasteiger partial charge in [0.05, 0.1) is 10.4 Å². The van der Waals surface area contributed by atoms with Crippen LogP contribution in [0.3, 0.4) is 0 Å². The number of thiophene rings is 2.